The lowest BCUT2D eigenvalue weighted by molar-refractivity contribution is -0.132. The highest BCUT2D eigenvalue weighted by molar-refractivity contribution is 6.54. The molecular formula is C13H13Cl2NO3. The largest absolute Gasteiger partial charge is 0.477 e. The predicted molar refractivity (Wildman–Crippen MR) is 75.7 cm³/mol. The van der Waals surface area contributed by atoms with Crippen molar-refractivity contribution in [2.75, 3.05) is 5.32 Å². The van der Waals surface area contributed by atoms with Crippen LogP contribution in [0.1, 0.15) is 16.7 Å². The molecule has 0 saturated heterocycles. The summed E-state index contributed by atoms with van der Waals surface area (Å²) in [7, 11) is 0. The predicted octanol–water partition coefficient (Wildman–Crippen LogP) is 3.32. The normalized spacial score (nSPS) is 11.8. The lowest BCUT2D eigenvalue weighted by Crippen LogP contribution is -2.16. The summed E-state index contributed by atoms with van der Waals surface area (Å²) in [5.41, 5.74) is 3.39. The number of amides is 1. The van der Waals surface area contributed by atoms with Crippen LogP contribution in [0.5, 0.6) is 0 Å². The second-order valence-electron chi connectivity index (χ2n) is 4.16. The van der Waals surface area contributed by atoms with Gasteiger partial charge in [0.25, 0.3) is 5.91 Å². The Balaban J connectivity index is 3.08. The minimum atomic E-state index is -1.45. The Hall–Kier alpha value is -1.52. The number of hydrogen-bond donors (Lipinski definition) is 2. The number of anilines is 1. The van der Waals surface area contributed by atoms with E-state index in [1.165, 1.54) is 0 Å². The molecule has 0 aliphatic carbocycles. The molecule has 0 atom stereocenters. The van der Waals surface area contributed by atoms with E-state index in [1.807, 2.05) is 32.9 Å². The number of benzene rings is 1. The van der Waals surface area contributed by atoms with Crippen LogP contribution < -0.4 is 5.32 Å². The third kappa shape index (κ3) is 3.72. The topological polar surface area (TPSA) is 66.4 Å². The first kappa shape index (κ1) is 15.5. The maximum absolute atomic E-state index is 11.8. The minimum absolute atomic E-state index is 0.548. The first-order valence-electron chi connectivity index (χ1n) is 5.41. The number of halogens is 2. The van der Waals surface area contributed by atoms with Gasteiger partial charge in [0.15, 0.2) is 0 Å². The number of aliphatic carboxylic acids is 1. The number of rotatable bonds is 3. The molecule has 0 aromatic heterocycles. The Morgan fingerprint density at radius 2 is 1.53 bits per heavy atom. The summed E-state index contributed by atoms with van der Waals surface area (Å²) >= 11 is 11.0. The highest BCUT2D eigenvalue weighted by Crippen LogP contribution is 2.24. The van der Waals surface area contributed by atoms with E-state index < -0.39 is 21.9 Å². The van der Waals surface area contributed by atoms with Gasteiger partial charge in [-0.15, -0.1) is 0 Å². The zero-order valence-corrected chi connectivity index (χ0v) is 12.2. The second kappa shape index (κ2) is 6.08. The standard InChI is InChI=1S/C13H13Cl2NO3/c1-6-4-7(2)11(8(3)5-6)16-12(17)9(14)10(15)13(18)19/h4-5H,1-3H3,(H,16,17)(H,18,19). The van der Waals surface area contributed by atoms with Crippen molar-refractivity contribution in [3.05, 3.63) is 38.9 Å². The molecule has 0 radical (unpaired) electrons. The van der Waals surface area contributed by atoms with Gasteiger partial charge in [-0.3, -0.25) is 4.79 Å². The fourth-order valence-corrected chi connectivity index (χ4v) is 1.95. The second-order valence-corrected chi connectivity index (χ2v) is 4.92. The van der Waals surface area contributed by atoms with Crippen LogP contribution in [0.2, 0.25) is 0 Å². The van der Waals surface area contributed by atoms with Crippen molar-refractivity contribution in [2.24, 2.45) is 0 Å². The van der Waals surface area contributed by atoms with E-state index in [1.54, 1.807) is 0 Å². The number of carbonyl (C=O) groups excluding carboxylic acids is 1. The highest BCUT2D eigenvalue weighted by Gasteiger charge is 2.18. The quantitative estimate of drug-likeness (QED) is 0.842. The molecule has 0 saturated carbocycles. The van der Waals surface area contributed by atoms with Crippen molar-refractivity contribution >= 4 is 40.8 Å². The molecule has 0 fully saturated rings. The summed E-state index contributed by atoms with van der Waals surface area (Å²) in [4.78, 5) is 22.4. The molecule has 102 valence electrons. The number of carbonyl (C=O) groups is 2. The van der Waals surface area contributed by atoms with Crippen LogP contribution in [0.15, 0.2) is 22.2 Å². The van der Waals surface area contributed by atoms with Crippen LogP contribution in [0, 0.1) is 20.8 Å². The first-order chi connectivity index (χ1) is 8.73. The average Bonchev–Trinajstić information content (AvgIpc) is 2.31. The van der Waals surface area contributed by atoms with E-state index in [2.05, 4.69) is 5.32 Å². The van der Waals surface area contributed by atoms with Crippen molar-refractivity contribution in [1.82, 2.24) is 0 Å². The third-order valence-corrected chi connectivity index (χ3v) is 3.30. The lowest BCUT2D eigenvalue weighted by atomic mass is 10.1. The van der Waals surface area contributed by atoms with Crippen molar-refractivity contribution in [2.45, 2.75) is 20.8 Å². The molecular weight excluding hydrogens is 289 g/mol. The van der Waals surface area contributed by atoms with Crippen molar-refractivity contribution in [3.63, 3.8) is 0 Å². The highest BCUT2D eigenvalue weighted by atomic mass is 35.5. The summed E-state index contributed by atoms with van der Waals surface area (Å²) in [5.74, 6) is -2.19. The molecule has 0 unspecified atom stereocenters. The van der Waals surface area contributed by atoms with Crippen molar-refractivity contribution in [1.29, 1.82) is 0 Å². The van der Waals surface area contributed by atoms with Crippen LogP contribution >= 0.6 is 23.2 Å². The van der Waals surface area contributed by atoms with Crippen molar-refractivity contribution in [3.8, 4) is 0 Å². The van der Waals surface area contributed by atoms with Gasteiger partial charge in [0.2, 0.25) is 0 Å². The van der Waals surface area contributed by atoms with Crippen LogP contribution in [-0.4, -0.2) is 17.0 Å². The first-order valence-corrected chi connectivity index (χ1v) is 6.17. The van der Waals surface area contributed by atoms with E-state index >= 15 is 0 Å². The Labute approximate surface area is 121 Å². The number of aryl methyl sites for hydroxylation is 3. The Bertz CT molecular complexity index is 556. The van der Waals surface area contributed by atoms with Gasteiger partial charge < -0.3 is 10.4 Å². The molecule has 1 rings (SSSR count). The number of carboxylic acids is 1. The monoisotopic (exact) mass is 301 g/mol. The fourth-order valence-electron chi connectivity index (χ4n) is 1.74. The zero-order valence-electron chi connectivity index (χ0n) is 10.7. The van der Waals surface area contributed by atoms with Crippen molar-refractivity contribution < 1.29 is 14.7 Å². The molecule has 1 amide bonds. The minimum Gasteiger partial charge on any atom is -0.477 e. The average molecular weight is 302 g/mol. The van der Waals surface area contributed by atoms with Gasteiger partial charge in [0.1, 0.15) is 10.1 Å². The number of nitrogens with one attached hydrogen (secondary N) is 1. The molecule has 4 nitrogen and oxygen atoms in total. The summed E-state index contributed by atoms with van der Waals surface area (Å²) < 4.78 is 0. The summed E-state index contributed by atoms with van der Waals surface area (Å²) in [6.45, 7) is 5.62. The smallest absolute Gasteiger partial charge is 0.349 e. The summed E-state index contributed by atoms with van der Waals surface area (Å²) in [6, 6.07) is 3.80. The Morgan fingerprint density at radius 1 is 1.05 bits per heavy atom. The summed E-state index contributed by atoms with van der Waals surface area (Å²) in [5, 5.41) is 9.97. The Kier molecular flexibility index (Phi) is 4.97. The van der Waals surface area contributed by atoms with Gasteiger partial charge >= 0.3 is 5.97 Å². The van der Waals surface area contributed by atoms with Gasteiger partial charge in [-0.1, -0.05) is 40.9 Å². The lowest BCUT2D eigenvalue weighted by Gasteiger charge is -2.12. The van der Waals surface area contributed by atoms with Gasteiger partial charge in [-0.2, -0.15) is 0 Å². The third-order valence-electron chi connectivity index (χ3n) is 2.50. The van der Waals surface area contributed by atoms with Gasteiger partial charge in [0.05, 0.1) is 0 Å². The van der Waals surface area contributed by atoms with E-state index in [-0.39, 0.29) is 0 Å². The molecule has 0 bridgehead atoms. The Morgan fingerprint density at radius 3 is 1.95 bits per heavy atom. The molecule has 1 aromatic rings. The molecule has 0 aliphatic rings. The zero-order chi connectivity index (χ0) is 14.7. The fraction of sp³-hybridized carbons (Fsp3) is 0.231. The van der Waals surface area contributed by atoms with E-state index in [0.717, 1.165) is 16.7 Å². The van der Waals surface area contributed by atoms with E-state index in [0.29, 0.717) is 5.69 Å². The maximum atomic E-state index is 11.8. The maximum Gasteiger partial charge on any atom is 0.349 e. The molecule has 0 heterocycles. The molecule has 0 spiro atoms. The van der Waals surface area contributed by atoms with Crippen LogP contribution in [0.25, 0.3) is 0 Å². The molecule has 6 heteroatoms. The molecule has 19 heavy (non-hydrogen) atoms. The van der Waals surface area contributed by atoms with Crippen LogP contribution in [-0.2, 0) is 9.59 Å². The van der Waals surface area contributed by atoms with Gasteiger partial charge in [-0.25, -0.2) is 4.79 Å². The number of hydrogen-bond acceptors (Lipinski definition) is 2. The van der Waals surface area contributed by atoms with Crippen LogP contribution in [0.3, 0.4) is 0 Å². The SMILES string of the molecule is Cc1cc(C)c(NC(=O)C(Cl)=C(Cl)C(=O)O)c(C)c1. The van der Waals surface area contributed by atoms with Gasteiger partial charge in [0, 0.05) is 5.69 Å². The van der Waals surface area contributed by atoms with E-state index in [4.69, 9.17) is 28.3 Å². The van der Waals surface area contributed by atoms with E-state index in [9.17, 15) is 9.59 Å². The summed E-state index contributed by atoms with van der Waals surface area (Å²) in [6.07, 6.45) is 0. The molecule has 0 aliphatic heterocycles. The van der Waals surface area contributed by atoms with Crippen LogP contribution in [0.4, 0.5) is 5.69 Å². The number of carboxylic acid groups (broad SMARTS) is 1. The van der Waals surface area contributed by atoms with Gasteiger partial charge in [-0.05, 0) is 31.9 Å². The molecule has 2 N–H and O–H groups in total. The molecule has 1 aromatic carbocycles.